The van der Waals surface area contributed by atoms with Crippen LogP contribution in [-0.4, -0.2) is 77.9 Å². The number of fused-ring (bicyclic) bond motifs is 4. The van der Waals surface area contributed by atoms with Gasteiger partial charge in [-0.2, -0.15) is 9.97 Å². The van der Waals surface area contributed by atoms with Crippen LogP contribution in [0, 0.1) is 17.0 Å². The van der Waals surface area contributed by atoms with Gasteiger partial charge in [-0.3, -0.25) is 0 Å². The molecule has 42 heavy (non-hydrogen) atoms. The van der Waals surface area contributed by atoms with Gasteiger partial charge in [0.25, 0.3) is 0 Å². The predicted octanol–water partition coefficient (Wildman–Crippen LogP) is 4.37. The Morgan fingerprint density at radius 1 is 1.05 bits per heavy atom. The highest BCUT2D eigenvalue weighted by Crippen LogP contribution is 2.47. The molecular formula is C32H38F2N6O2. The molecule has 0 spiro atoms. The summed E-state index contributed by atoms with van der Waals surface area (Å²) in [7, 11) is 0. The molecule has 3 saturated heterocycles. The number of aromatic nitrogens is 2. The summed E-state index contributed by atoms with van der Waals surface area (Å²) >= 11 is 0. The summed E-state index contributed by atoms with van der Waals surface area (Å²) in [6.45, 7) is 3.07. The molecule has 1 saturated carbocycles. The third kappa shape index (κ3) is 4.82. The van der Waals surface area contributed by atoms with E-state index in [1.54, 1.807) is 0 Å². The van der Waals surface area contributed by atoms with E-state index in [0.29, 0.717) is 48.4 Å². The lowest BCUT2D eigenvalue weighted by atomic mass is 10.0. The number of phenols is 1. The number of likely N-dealkylation sites (tertiary alicyclic amines) is 1. The summed E-state index contributed by atoms with van der Waals surface area (Å²) in [5.74, 6) is -1.15. The van der Waals surface area contributed by atoms with Crippen molar-refractivity contribution in [2.24, 2.45) is 5.41 Å². The van der Waals surface area contributed by atoms with E-state index in [-0.39, 0.29) is 23.7 Å². The largest absolute Gasteiger partial charge is 0.508 e. The molecule has 5 aliphatic rings. The number of hydrogen-bond donors (Lipinski definition) is 2. The second-order valence-corrected chi connectivity index (χ2v) is 12.9. The molecule has 8 nitrogen and oxygen atoms in total. The van der Waals surface area contributed by atoms with Crippen LogP contribution in [0.1, 0.15) is 52.5 Å². The maximum Gasteiger partial charge on any atom is 0.318 e. The first-order valence-corrected chi connectivity index (χ1v) is 15.4. The summed E-state index contributed by atoms with van der Waals surface area (Å²) in [5.41, 5.74) is 1.46. The lowest BCUT2D eigenvalue weighted by Gasteiger charge is -2.37. The van der Waals surface area contributed by atoms with Gasteiger partial charge in [0.1, 0.15) is 11.6 Å². The molecule has 3 aromatic rings. The Morgan fingerprint density at radius 3 is 2.60 bits per heavy atom. The van der Waals surface area contributed by atoms with Gasteiger partial charge < -0.3 is 29.9 Å². The maximum absolute atomic E-state index is 15.2. The molecule has 0 amide bonds. The predicted molar refractivity (Wildman–Crippen MR) is 157 cm³/mol. The molecule has 8 rings (SSSR count). The fourth-order valence-corrected chi connectivity index (χ4v) is 7.45. The number of ether oxygens (including phenoxy) is 1. The number of benzene rings is 2. The van der Waals surface area contributed by atoms with Gasteiger partial charge in [0.15, 0.2) is 11.6 Å². The van der Waals surface area contributed by atoms with Crippen LogP contribution in [0.25, 0.3) is 10.8 Å². The van der Waals surface area contributed by atoms with Gasteiger partial charge >= 0.3 is 6.01 Å². The Kier molecular flexibility index (Phi) is 5.88. The SMILES string of the molecule is [2H]C([2H])(Oc1nc2c(c(N3C[C@H]4CC[C@@H](C3)N4)n1)CCN(c1cc(O)cc3ccc(F)c(F)c13)C2)C1(CN2CCCC2)CC1. The van der Waals surface area contributed by atoms with Gasteiger partial charge in [0.05, 0.1) is 27.2 Å². The summed E-state index contributed by atoms with van der Waals surface area (Å²) < 4.78 is 53.8. The molecule has 2 N–H and O–H groups in total. The van der Waals surface area contributed by atoms with Crippen molar-refractivity contribution in [3.63, 3.8) is 0 Å². The minimum Gasteiger partial charge on any atom is -0.508 e. The van der Waals surface area contributed by atoms with Crippen LogP contribution >= 0.6 is 0 Å². The highest BCUT2D eigenvalue weighted by molar-refractivity contribution is 5.96. The third-order valence-corrected chi connectivity index (χ3v) is 9.79. The van der Waals surface area contributed by atoms with Crippen molar-refractivity contribution in [3.8, 4) is 11.8 Å². The average Bonchev–Trinajstić information content (AvgIpc) is 3.48. The van der Waals surface area contributed by atoms with E-state index in [2.05, 4.69) is 15.1 Å². The van der Waals surface area contributed by atoms with Crippen molar-refractivity contribution in [1.29, 1.82) is 0 Å². The first kappa shape index (κ1) is 24.2. The van der Waals surface area contributed by atoms with Crippen LogP contribution < -0.4 is 19.9 Å². The van der Waals surface area contributed by atoms with Gasteiger partial charge in [-0.25, -0.2) is 8.78 Å². The quantitative estimate of drug-likeness (QED) is 0.428. The Hall–Kier alpha value is -3.24. The van der Waals surface area contributed by atoms with E-state index < -0.39 is 23.6 Å². The zero-order chi connectivity index (χ0) is 30.2. The second kappa shape index (κ2) is 10.2. The van der Waals surface area contributed by atoms with Crippen LogP contribution in [-0.2, 0) is 13.0 Å². The van der Waals surface area contributed by atoms with Crippen molar-refractivity contribution in [2.75, 3.05) is 55.6 Å². The van der Waals surface area contributed by atoms with Gasteiger partial charge in [0.2, 0.25) is 0 Å². The Labute approximate surface area is 247 Å². The molecule has 2 atom stereocenters. The lowest BCUT2D eigenvalue weighted by Crippen LogP contribution is -2.52. The van der Waals surface area contributed by atoms with E-state index in [4.69, 9.17) is 17.4 Å². The highest BCUT2D eigenvalue weighted by Gasteiger charge is 2.45. The molecule has 1 aliphatic carbocycles. The summed E-state index contributed by atoms with van der Waals surface area (Å²) in [6, 6.07) is 6.21. The Morgan fingerprint density at radius 2 is 1.83 bits per heavy atom. The van der Waals surface area contributed by atoms with Crippen molar-refractivity contribution in [2.45, 2.75) is 63.6 Å². The number of anilines is 2. The molecule has 1 aromatic heterocycles. The zero-order valence-corrected chi connectivity index (χ0v) is 23.7. The van der Waals surface area contributed by atoms with Crippen molar-refractivity contribution < 1.29 is 21.4 Å². The van der Waals surface area contributed by atoms with Crippen molar-refractivity contribution >= 4 is 22.3 Å². The molecule has 4 aliphatic heterocycles. The fourth-order valence-electron chi connectivity index (χ4n) is 7.45. The van der Waals surface area contributed by atoms with Gasteiger partial charge in [-0.15, -0.1) is 0 Å². The first-order chi connectivity index (χ1) is 21.2. The van der Waals surface area contributed by atoms with Crippen LogP contribution in [0.2, 0.25) is 0 Å². The smallest absolute Gasteiger partial charge is 0.318 e. The molecule has 0 unspecified atom stereocenters. The van der Waals surface area contributed by atoms with Gasteiger partial charge in [-0.05, 0) is 75.6 Å². The maximum atomic E-state index is 15.2. The number of phenolic OH excluding ortho intramolecular Hbond substituents is 1. The van der Waals surface area contributed by atoms with E-state index in [9.17, 15) is 9.50 Å². The first-order valence-electron chi connectivity index (χ1n) is 16.4. The van der Waals surface area contributed by atoms with Crippen molar-refractivity contribution in [3.05, 3.63) is 47.2 Å². The Balaban J connectivity index is 1.16. The van der Waals surface area contributed by atoms with Gasteiger partial charge in [-0.1, -0.05) is 6.07 Å². The number of nitrogens with zero attached hydrogens (tertiary/aromatic N) is 5. The van der Waals surface area contributed by atoms with Crippen LogP contribution in [0.5, 0.6) is 11.8 Å². The lowest BCUT2D eigenvalue weighted by molar-refractivity contribution is 0.169. The molecule has 10 heteroatoms. The molecule has 0 radical (unpaired) electrons. The van der Waals surface area contributed by atoms with Gasteiger partial charge in [0, 0.05) is 60.7 Å². The molecular weight excluding hydrogens is 538 g/mol. The monoisotopic (exact) mass is 578 g/mol. The van der Waals surface area contributed by atoms with E-state index in [1.165, 1.54) is 18.2 Å². The normalized spacial score (nSPS) is 25.9. The molecule has 4 fully saturated rings. The fraction of sp³-hybridized carbons (Fsp3) is 0.562. The number of rotatable bonds is 7. The molecule has 2 bridgehead atoms. The van der Waals surface area contributed by atoms with Crippen LogP contribution in [0.15, 0.2) is 24.3 Å². The molecule has 222 valence electrons. The summed E-state index contributed by atoms with van der Waals surface area (Å²) in [4.78, 5) is 16.2. The minimum absolute atomic E-state index is 0.0159. The van der Waals surface area contributed by atoms with E-state index in [0.717, 1.165) is 82.2 Å². The van der Waals surface area contributed by atoms with E-state index in [1.807, 2.05) is 4.90 Å². The number of aromatic hydroxyl groups is 1. The number of hydrogen-bond acceptors (Lipinski definition) is 8. The second-order valence-electron chi connectivity index (χ2n) is 12.9. The van der Waals surface area contributed by atoms with E-state index >= 15 is 4.39 Å². The standard InChI is InChI=1S/C32H38F2N6O2/c33-25-6-3-20-13-23(41)14-27(28(20)29(25)34)39-12-7-24-26(17-39)36-31(37-30(24)40-15-21-4-5-22(16-40)35-21)42-19-32(8-9-32)18-38-10-1-2-11-38/h3,6,13-14,21-22,35,41H,1-2,4-5,7-12,15-19H2/t21-,22+/i19D2. The topological polar surface area (TPSA) is 77.0 Å². The molecule has 2 aromatic carbocycles. The number of nitrogens with one attached hydrogen (secondary N) is 1. The number of halogens is 2. The van der Waals surface area contributed by atoms with Crippen LogP contribution in [0.3, 0.4) is 0 Å². The Bertz CT molecular complexity index is 1600. The third-order valence-electron chi connectivity index (χ3n) is 9.79. The zero-order valence-electron chi connectivity index (χ0n) is 25.7. The highest BCUT2D eigenvalue weighted by atomic mass is 19.2. The average molecular weight is 579 g/mol. The summed E-state index contributed by atoms with van der Waals surface area (Å²) in [6.07, 6.45) is 6.59. The summed E-state index contributed by atoms with van der Waals surface area (Å²) in [5, 5.41) is 14.7. The molecule has 5 heterocycles. The van der Waals surface area contributed by atoms with Crippen LogP contribution in [0.4, 0.5) is 20.3 Å². The van der Waals surface area contributed by atoms with Crippen molar-refractivity contribution in [1.82, 2.24) is 20.2 Å². The minimum atomic E-state index is -1.94. The number of piperazine rings is 1.